The number of ether oxygens (including phenoxy) is 1. The molecule has 146 valence electrons. The Kier molecular flexibility index (Phi) is 4.37. The molecule has 1 amide bonds. The summed E-state index contributed by atoms with van der Waals surface area (Å²) in [5.74, 6) is 0.185. The number of aromatic nitrogens is 3. The smallest absolute Gasteiger partial charge is 0.410 e. The number of pyridine rings is 1. The summed E-state index contributed by atoms with van der Waals surface area (Å²) in [6, 6.07) is 10.3. The lowest BCUT2D eigenvalue weighted by Crippen LogP contribution is -2.50. The minimum Gasteiger partial charge on any atom is -0.444 e. The number of nitrogens with zero attached hydrogens (tertiary/aromatic N) is 4. The maximum atomic E-state index is 12.3. The van der Waals surface area contributed by atoms with Crippen LogP contribution in [0.4, 0.5) is 4.79 Å². The number of benzene rings is 1. The second-order valence-corrected chi connectivity index (χ2v) is 8.54. The average molecular weight is 378 g/mol. The number of carbonyl (C=O) groups excluding carboxylic acids is 1. The molecule has 1 aromatic carbocycles. The molecule has 6 nitrogen and oxygen atoms in total. The van der Waals surface area contributed by atoms with Crippen molar-refractivity contribution in [3.8, 4) is 5.69 Å². The third-order valence-corrected chi connectivity index (χ3v) is 5.00. The van der Waals surface area contributed by atoms with Gasteiger partial charge in [0, 0.05) is 30.6 Å². The van der Waals surface area contributed by atoms with Gasteiger partial charge in [0.2, 0.25) is 0 Å². The second-order valence-electron chi connectivity index (χ2n) is 8.54. The molecular weight excluding hydrogens is 352 g/mol. The van der Waals surface area contributed by atoms with Crippen molar-refractivity contribution in [3.05, 3.63) is 53.3 Å². The predicted molar refractivity (Wildman–Crippen MR) is 109 cm³/mol. The molecule has 0 N–H and O–H groups in total. The van der Waals surface area contributed by atoms with Crippen molar-refractivity contribution >= 4 is 17.1 Å². The number of carbonyl (C=O) groups is 1. The van der Waals surface area contributed by atoms with Gasteiger partial charge in [-0.2, -0.15) is 5.10 Å². The van der Waals surface area contributed by atoms with Crippen molar-refractivity contribution in [3.63, 3.8) is 0 Å². The zero-order valence-electron chi connectivity index (χ0n) is 17.1. The molecule has 1 aliphatic heterocycles. The van der Waals surface area contributed by atoms with E-state index in [0.29, 0.717) is 13.1 Å². The number of amides is 1. The van der Waals surface area contributed by atoms with Crippen LogP contribution in [0.15, 0.2) is 36.5 Å². The first-order chi connectivity index (χ1) is 13.2. The van der Waals surface area contributed by atoms with Gasteiger partial charge in [-0.1, -0.05) is 17.7 Å². The van der Waals surface area contributed by atoms with E-state index in [0.717, 1.165) is 28.0 Å². The number of likely N-dealkylation sites (tertiary alicyclic amines) is 1. The van der Waals surface area contributed by atoms with Crippen LogP contribution in [0.2, 0.25) is 0 Å². The van der Waals surface area contributed by atoms with E-state index in [1.54, 1.807) is 4.90 Å². The number of hydrogen-bond acceptors (Lipinski definition) is 4. The molecule has 0 unspecified atom stereocenters. The highest BCUT2D eigenvalue weighted by molar-refractivity contribution is 5.84. The van der Waals surface area contributed by atoms with E-state index < -0.39 is 5.60 Å². The Balaban J connectivity index is 1.66. The van der Waals surface area contributed by atoms with Crippen LogP contribution >= 0.6 is 0 Å². The molecule has 0 saturated carbocycles. The van der Waals surface area contributed by atoms with Gasteiger partial charge in [0.25, 0.3) is 0 Å². The Hall–Kier alpha value is -2.89. The van der Waals surface area contributed by atoms with Gasteiger partial charge in [-0.3, -0.25) is 0 Å². The zero-order valence-corrected chi connectivity index (χ0v) is 17.1. The third kappa shape index (κ3) is 3.35. The van der Waals surface area contributed by atoms with Crippen LogP contribution in [0.3, 0.4) is 0 Å². The number of aryl methyl sites for hydroxylation is 2. The van der Waals surface area contributed by atoms with E-state index in [-0.39, 0.29) is 12.0 Å². The summed E-state index contributed by atoms with van der Waals surface area (Å²) >= 11 is 0. The Bertz CT molecular complexity index is 1030. The van der Waals surface area contributed by atoms with Crippen molar-refractivity contribution in [1.29, 1.82) is 0 Å². The Labute approximate surface area is 165 Å². The molecule has 3 heterocycles. The van der Waals surface area contributed by atoms with Crippen LogP contribution < -0.4 is 0 Å². The van der Waals surface area contributed by atoms with Crippen LogP contribution in [-0.4, -0.2) is 44.4 Å². The third-order valence-electron chi connectivity index (χ3n) is 5.00. The lowest BCUT2D eigenvalue weighted by atomic mass is 9.94. The molecule has 0 aliphatic carbocycles. The number of fused-ring (bicyclic) bond motifs is 1. The maximum Gasteiger partial charge on any atom is 0.410 e. The van der Waals surface area contributed by atoms with Crippen LogP contribution in [0, 0.1) is 13.8 Å². The average Bonchev–Trinajstić information content (AvgIpc) is 2.93. The maximum absolute atomic E-state index is 12.3. The van der Waals surface area contributed by atoms with Gasteiger partial charge in [-0.05, 0) is 58.4 Å². The minimum absolute atomic E-state index is 0.185. The SMILES string of the molecule is Cc1ccc(-n2nc(C3CN(C(=O)OC(C)(C)C)C3)c3c(C)ccnc32)cc1. The largest absolute Gasteiger partial charge is 0.444 e. The molecule has 1 saturated heterocycles. The summed E-state index contributed by atoms with van der Waals surface area (Å²) in [5, 5.41) is 6.00. The quantitative estimate of drug-likeness (QED) is 0.664. The molecule has 0 spiro atoms. The fourth-order valence-corrected chi connectivity index (χ4v) is 3.50. The highest BCUT2D eigenvalue weighted by atomic mass is 16.6. The van der Waals surface area contributed by atoms with Gasteiger partial charge >= 0.3 is 6.09 Å². The number of hydrogen-bond donors (Lipinski definition) is 0. The fourth-order valence-electron chi connectivity index (χ4n) is 3.50. The van der Waals surface area contributed by atoms with Gasteiger partial charge in [0.15, 0.2) is 5.65 Å². The number of rotatable bonds is 2. The molecule has 4 rings (SSSR count). The second kappa shape index (κ2) is 6.62. The van der Waals surface area contributed by atoms with Crippen molar-refractivity contribution < 1.29 is 9.53 Å². The molecule has 28 heavy (non-hydrogen) atoms. The summed E-state index contributed by atoms with van der Waals surface area (Å²) in [6.07, 6.45) is 1.56. The predicted octanol–water partition coefficient (Wildman–Crippen LogP) is 4.37. The van der Waals surface area contributed by atoms with E-state index in [1.807, 2.05) is 37.7 Å². The van der Waals surface area contributed by atoms with Gasteiger partial charge in [0.05, 0.1) is 11.4 Å². The van der Waals surface area contributed by atoms with Crippen molar-refractivity contribution in [2.24, 2.45) is 0 Å². The van der Waals surface area contributed by atoms with Crippen molar-refractivity contribution in [2.75, 3.05) is 13.1 Å². The molecule has 0 bridgehead atoms. The minimum atomic E-state index is -0.484. The highest BCUT2D eigenvalue weighted by Gasteiger charge is 2.37. The lowest BCUT2D eigenvalue weighted by Gasteiger charge is -2.39. The summed E-state index contributed by atoms with van der Waals surface area (Å²) in [5.41, 5.74) is 4.71. The summed E-state index contributed by atoms with van der Waals surface area (Å²) in [7, 11) is 0. The van der Waals surface area contributed by atoms with E-state index in [2.05, 4.69) is 43.1 Å². The molecule has 0 radical (unpaired) electrons. The normalized spacial score (nSPS) is 15.0. The first-order valence-corrected chi connectivity index (χ1v) is 9.62. The fraction of sp³-hybridized carbons (Fsp3) is 0.409. The molecule has 1 aliphatic rings. The Morgan fingerprint density at radius 3 is 2.43 bits per heavy atom. The molecule has 1 fully saturated rings. The summed E-state index contributed by atoms with van der Waals surface area (Å²) in [6.45, 7) is 11.0. The zero-order chi connectivity index (χ0) is 20.1. The van der Waals surface area contributed by atoms with Crippen LogP contribution in [0.25, 0.3) is 16.7 Å². The highest BCUT2D eigenvalue weighted by Crippen LogP contribution is 2.34. The Morgan fingerprint density at radius 1 is 1.11 bits per heavy atom. The van der Waals surface area contributed by atoms with Crippen LogP contribution in [-0.2, 0) is 4.74 Å². The van der Waals surface area contributed by atoms with E-state index >= 15 is 0 Å². The first-order valence-electron chi connectivity index (χ1n) is 9.62. The van der Waals surface area contributed by atoms with Gasteiger partial charge < -0.3 is 9.64 Å². The molecule has 3 aromatic rings. The standard InChI is InChI=1S/C22H26N4O2/c1-14-6-8-17(9-7-14)26-20-18(15(2)10-11-23-20)19(24-26)16-12-25(13-16)21(27)28-22(3,4)5/h6-11,16H,12-13H2,1-5H3. The summed E-state index contributed by atoms with van der Waals surface area (Å²) < 4.78 is 7.38. The van der Waals surface area contributed by atoms with E-state index in [1.165, 1.54) is 5.56 Å². The molecule has 2 aromatic heterocycles. The van der Waals surface area contributed by atoms with Gasteiger partial charge in [-0.15, -0.1) is 0 Å². The van der Waals surface area contributed by atoms with Crippen LogP contribution in [0.5, 0.6) is 0 Å². The van der Waals surface area contributed by atoms with Gasteiger partial charge in [-0.25, -0.2) is 14.5 Å². The molecule has 0 atom stereocenters. The Morgan fingerprint density at radius 2 is 1.79 bits per heavy atom. The molecule has 6 heteroatoms. The first kappa shape index (κ1) is 18.5. The monoisotopic (exact) mass is 378 g/mol. The molecular formula is C22H26N4O2. The van der Waals surface area contributed by atoms with Crippen LogP contribution in [0.1, 0.15) is 43.5 Å². The van der Waals surface area contributed by atoms with E-state index in [4.69, 9.17) is 9.84 Å². The lowest BCUT2D eigenvalue weighted by molar-refractivity contribution is 0.00795. The topological polar surface area (TPSA) is 60.2 Å². The van der Waals surface area contributed by atoms with Crippen molar-refractivity contribution in [2.45, 2.75) is 46.1 Å². The van der Waals surface area contributed by atoms with Gasteiger partial charge in [0.1, 0.15) is 5.60 Å². The van der Waals surface area contributed by atoms with E-state index in [9.17, 15) is 4.79 Å². The van der Waals surface area contributed by atoms with Crippen molar-refractivity contribution in [1.82, 2.24) is 19.7 Å². The summed E-state index contributed by atoms with van der Waals surface area (Å²) in [4.78, 5) is 18.6.